The van der Waals surface area contributed by atoms with Crippen molar-refractivity contribution in [3.8, 4) is 11.5 Å². The van der Waals surface area contributed by atoms with Crippen LogP contribution in [-0.4, -0.2) is 27.1 Å². The number of nitrogens with zero attached hydrogens (tertiary/aromatic N) is 2. The molecule has 0 radical (unpaired) electrons. The van der Waals surface area contributed by atoms with Crippen molar-refractivity contribution >= 4 is 23.4 Å². The van der Waals surface area contributed by atoms with E-state index in [1.54, 1.807) is 24.5 Å². The highest BCUT2D eigenvalue weighted by Crippen LogP contribution is 2.46. The van der Waals surface area contributed by atoms with E-state index in [0.717, 1.165) is 25.7 Å². The van der Waals surface area contributed by atoms with Gasteiger partial charge in [-0.15, -0.1) is 0 Å². The summed E-state index contributed by atoms with van der Waals surface area (Å²) < 4.78 is 5.36. The number of furan rings is 1. The van der Waals surface area contributed by atoms with Crippen LogP contribution < -0.4 is 5.32 Å². The Morgan fingerprint density at radius 1 is 1.25 bits per heavy atom. The topological polar surface area (TPSA) is 88.2 Å². The summed E-state index contributed by atoms with van der Waals surface area (Å²) in [5, 5.41) is 13.1. The molecule has 0 aliphatic heterocycles. The summed E-state index contributed by atoms with van der Waals surface area (Å²) in [5.41, 5.74) is 0.579. The molecule has 6 nitrogen and oxygen atoms in total. The molecular weight excluding hydrogens is 330 g/mol. The Morgan fingerprint density at radius 3 is 2.67 bits per heavy atom. The van der Waals surface area contributed by atoms with Gasteiger partial charge in [-0.2, -0.15) is 0 Å². The SMILES string of the molecule is O=C(O)C1C2CCC(CC2)C1Nc1cc(-c2ccco2)nc(Cl)n1. The van der Waals surface area contributed by atoms with Crippen molar-refractivity contribution in [1.82, 2.24) is 9.97 Å². The molecule has 2 unspecified atom stereocenters. The van der Waals surface area contributed by atoms with E-state index in [2.05, 4.69) is 15.3 Å². The maximum absolute atomic E-state index is 11.8. The van der Waals surface area contributed by atoms with Crippen molar-refractivity contribution in [3.63, 3.8) is 0 Å². The molecule has 3 aliphatic rings. The minimum atomic E-state index is -0.728. The van der Waals surface area contributed by atoms with E-state index in [1.165, 1.54) is 0 Å². The van der Waals surface area contributed by atoms with Crippen LogP contribution >= 0.6 is 11.6 Å². The van der Waals surface area contributed by atoms with Crippen LogP contribution in [-0.2, 0) is 4.79 Å². The van der Waals surface area contributed by atoms with Gasteiger partial charge in [0.25, 0.3) is 0 Å². The molecule has 24 heavy (non-hydrogen) atoms. The summed E-state index contributed by atoms with van der Waals surface area (Å²) in [5.74, 6) is 0.642. The second-order valence-corrected chi connectivity index (χ2v) is 6.93. The largest absolute Gasteiger partial charge is 0.481 e. The Hall–Kier alpha value is -2.08. The molecule has 2 aromatic rings. The quantitative estimate of drug-likeness (QED) is 0.820. The molecule has 0 saturated heterocycles. The monoisotopic (exact) mass is 347 g/mol. The normalized spacial score (nSPS) is 28.7. The fraction of sp³-hybridized carbons (Fsp3) is 0.471. The molecule has 5 rings (SSSR count). The smallest absolute Gasteiger partial charge is 0.308 e. The highest BCUT2D eigenvalue weighted by Gasteiger charge is 2.47. The van der Waals surface area contributed by atoms with Gasteiger partial charge in [-0.05, 0) is 61.3 Å². The first kappa shape index (κ1) is 15.4. The van der Waals surface area contributed by atoms with E-state index in [1.807, 2.05) is 0 Å². The third-order valence-corrected chi connectivity index (χ3v) is 5.46. The summed E-state index contributed by atoms with van der Waals surface area (Å²) in [7, 11) is 0. The van der Waals surface area contributed by atoms with E-state index in [9.17, 15) is 9.90 Å². The van der Waals surface area contributed by atoms with E-state index in [4.69, 9.17) is 16.0 Å². The molecule has 2 heterocycles. The number of carbonyl (C=O) groups is 1. The number of hydrogen-bond donors (Lipinski definition) is 2. The number of carboxylic acid groups (broad SMARTS) is 1. The standard InChI is InChI=1S/C17H18ClN3O3/c18-17-19-11(12-2-1-7-24-12)8-13(21-17)20-15-10-5-3-9(4-6-10)14(15)16(22)23/h1-2,7-10,14-15H,3-6H2,(H,22,23)(H,19,20,21). The van der Waals surface area contributed by atoms with Crippen molar-refractivity contribution in [2.75, 3.05) is 5.32 Å². The molecular formula is C17H18ClN3O3. The zero-order valence-electron chi connectivity index (χ0n) is 13.0. The van der Waals surface area contributed by atoms with Crippen LogP contribution in [0.25, 0.3) is 11.5 Å². The van der Waals surface area contributed by atoms with Crippen LogP contribution in [0.2, 0.25) is 5.28 Å². The number of halogens is 1. The second-order valence-electron chi connectivity index (χ2n) is 6.59. The number of fused-ring (bicyclic) bond motifs is 3. The number of carboxylic acids is 1. The predicted molar refractivity (Wildman–Crippen MR) is 88.7 cm³/mol. The number of aromatic nitrogens is 2. The number of anilines is 1. The van der Waals surface area contributed by atoms with Crippen LogP contribution in [0.15, 0.2) is 28.9 Å². The second kappa shape index (κ2) is 6.09. The lowest BCUT2D eigenvalue weighted by molar-refractivity contribution is -0.148. The third-order valence-electron chi connectivity index (χ3n) is 5.29. The summed E-state index contributed by atoms with van der Waals surface area (Å²) in [4.78, 5) is 20.2. The third kappa shape index (κ3) is 2.75. The van der Waals surface area contributed by atoms with Gasteiger partial charge in [-0.3, -0.25) is 4.79 Å². The lowest BCUT2D eigenvalue weighted by Gasteiger charge is -2.47. The molecule has 0 aromatic carbocycles. The lowest BCUT2D eigenvalue weighted by atomic mass is 9.61. The Kier molecular flexibility index (Phi) is 3.92. The molecule has 3 saturated carbocycles. The van der Waals surface area contributed by atoms with Crippen LogP contribution in [0.5, 0.6) is 0 Å². The molecule has 2 aromatic heterocycles. The average Bonchev–Trinajstić information content (AvgIpc) is 3.09. The Balaban J connectivity index is 1.63. The number of rotatable bonds is 4. The first-order chi connectivity index (χ1) is 11.6. The zero-order chi connectivity index (χ0) is 16.7. The number of hydrogen-bond acceptors (Lipinski definition) is 5. The number of aliphatic carboxylic acids is 1. The molecule has 2 bridgehead atoms. The highest BCUT2D eigenvalue weighted by molar-refractivity contribution is 6.28. The number of nitrogens with one attached hydrogen (secondary N) is 1. The Labute approximate surface area is 144 Å². The van der Waals surface area contributed by atoms with Crippen LogP contribution in [0.3, 0.4) is 0 Å². The predicted octanol–water partition coefficient (Wildman–Crippen LogP) is 3.69. The summed E-state index contributed by atoms with van der Waals surface area (Å²) in [6.07, 6.45) is 5.70. The minimum Gasteiger partial charge on any atom is -0.481 e. The van der Waals surface area contributed by atoms with Crippen LogP contribution in [0, 0.1) is 17.8 Å². The van der Waals surface area contributed by atoms with E-state index in [0.29, 0.717) is 23.2 Å². The maximum atomic E-state index is 11.8. The van der Waals surface area contributed by atoms with Crippen molar-refractivity contribution in [1.29, 1.82) is 0 Å². The van der Waals surface area contributed by atoms with Gasteiger partial charge in [0.1, 0.15) is 11.5 Å². The van der Waals surface area contributed by atoms with Crippen molar-refractivity contribution in [3.05, 3.63) is 29.7 Å². The van der Waals surface area contributed by atoms with Gasteiger partial charge in [-0.25, -0.2) is 9.97 Å². The molecule has 0 amide bonds. The van der Waals surface area contributed by atoms with E-state index >= 15 is 0 Å². The van der Waals surface area contributed by atoms with Gasteiger partial charge < -0.3 is 14.8 Å². The average molecular weight is 348 g/mol. The zero-order valence-corrected chi connectivity index (χ0v) is 13.7. The summed E-state index contributed by atoms with van der Waals surface area (Å²) in [6.45, 7) is 0. The van der Waals surface area contributed by atoms with Crippen molar-refractivity contribution in [2.24, 2.45) is 17.8 Å². The van der Waals surface area contributed by atoms with Gasteiger partial charge >= 0.3 is 5.97 Å². The van der Waals surface area contributed by atoms with Crippen LogP contribution in [0.1, 0.15) is 25.7 Å². The molecule has 0 spiro atoms. The Bertz CT molecular complexity index is 742. The van der Waals surface area contributed by atoms with Crippen molar-refractivity contribution < 1.29 is 14.3 Å². The van der Waals surface area contributed by atoms with E-state index in [-0.39, 0.29) is 23.2 Å². The Morgan fingerprint density at radius 2 is 2.00 bits per heavy atom. The van der Waals surface area contributed by atoms with Crippen molar-refractivity contribution in [2.45, 2.75) is 31.7 Å². The first-order valence-corrected chi connectivity index (χ1v) is 8.57. The fourth-order valence-electron chi connectivity index (χ4n) is 4.23. The van der Waals surface area contributed by atoms with Gasteiger partial charge in [-0.1, -0.05) is 0 Å². The summed E-state index contributed by atoms with van der Waals surface area (Å²) >= 11 is 6.04. The van der Waals surface area contributed by atoms with E-state index < -0.39 is 5.97 Å². The highest BCUT2D eigenvalue weighted by atomic mass is 35.5. The molecule has 126 valence electrons. The van der Waals surface area contributed by atoms with Gasteiger partial charge in [0.15, 0.2) is 5.76 Å². The molecule has 7 heteroatoms. The van der Waals surface area contributed by atoms with Crippen LogP contribution in [0.4, 0.5) is 5.82 Å². The molecule has 2 atom stereocenters. The van der Waals surface area contributed by atoms with Gasteiger partial charge in [0, 0.05) is 12.1 Å². The summed E-state index contributed by atoms with van der Waals surface area (Å²) in [6, 6.07) is 5.21. The van der Waals surface area contributed by atoms with Gasteiger partial charge in [0.05, 0.1) is 12.2 Å². The fourth-order valence-corrected chi connectivity index (χ4v) is 4.41. The first-order valence-electron chi connectivity index (χ1n) is 8.19. The maximum Gasteiger partial charge on any atom is 0.308 e. The lowest BCUT2D eigenvalue weighted by Crippen LogP contribution is -2.51. The molecule has 3 aliphatic carbocycles. The molecule has 3 fully saturated rings. The minimum absolute atomic E-state index is 0.110. The molecule has 2 N–H and O–H groups in total. The van der Waals surface area contributed by atoms with Gasteiger partial charge in [0.2, 0.25) is 5.28 Å².